The molecule has 2 aliphatic heterocycles. The van der Waals surface area contributed by atoms with Crippen molar-refractivity contribution in [1.82, 2.24) is 16.0 Å². The minimum absolute atomic E-state index is 0.110. The van der Waals surface area contributed by atoms with Crippen LogP contribution in [0.5, 0.6) is 5.75 Å². The van der Waals surface area contributed by atoms with E-state index in [4.69, 9.17) is 4.74 Å². The first kappa shape index (κ1) is 13.3. The van der Waals surface area contributed by atoms with E-state index in [-0.39, 0.29) is 17.7 Å². The van der Waals surface area contributed by atoms with Gasteiger partial charge in [0.1, 0.15) is 11.6 Å². The fourth-order valence-electron chi connectivity index (χ4n) is 2.65. The maximum atomic E-state index is 13.5. The molecule has 0 bridgehead atoms. The molecule has 0 saturated carbocycles. The van der Waals surface area contributed by atoms with Gasteiger partial charge in [-0.25, -0.2) is 9.18 Å². The SMILES string of the molecule is CNC(=O)C1CC2(NC(=O)NC2=O)c2cc(F)ccc2O1. The number of urea groups is 1. The molecular formula is C13H12FN3O4. The van der Waals surface area contributed by atoms with E-state index in [0.717, 1.165) is 12.1 Å². The first-order chi connectivity index (χ1) is 9.96. The monoisotopic (exact) mass is 293 g/mol. The molecule has 2 heterocycles. The van der Waals surface area contributed by atoms with Gasteiger partial charge in [-0.1, -0.05) is 0 Å². The van der Waals surface area contributed by atoms with Crippen molar-refractivity contribution >= 4 is 17.8 Å². The molecule has 1 aromatic rings. The highest BCUT2D eigenvalue weighted by molar-refractivity contribution is 6.08. The van der Waals surface area contributed by atoms with Crippen LogP contribution in [0, 0.1) is 5.82 Å². The Morgan fingerprint density at radius 2 is 2.24 bits per heavy atom. The molecule has 0 aromatic heterocycles. The zero-order chi connectivity index (χ0) is 15.2. The minimum Gasteiger partial charge on any atom is -0.480 e. The van der Waals surface area contributed by atoms with Crippen molar-refractivity contribution in [2.75, 3.05) is 7.05 Å². The van der Waals surface area contributed by atoms with Gasteiger partial charge < -0.3 is 15.4 Å². The van der Waals surface area contributed by atoms with Gasteiger partial charge in [-0.05, 0) is 18.2 Å². The summed E-state index contributed by atoms with van der Waals surface area (Å²) in [6, 6.07) is 2.93. The van der Waals surface area contributed by atoms with E-state index in [1.54, 1.807) is 0 Å². The van der Waals surface area contributed by atoms with Crippen LogP contribution in [0.25, 0.3) is 0 Å². The van der Waals surface area contributed by atoms with Gasteiger partial charge in [0.05, 0.1) is 0 Å². The molecule has 1 fully saturated rings. The van der Waals surface area contributed by atoms with Crippen LogP contribution in [0.15, 0.2) is 18.2 Å². The Morgan fingerprint density at radius 3 is 2.86 bits per heavy atom. The van der Waals surface area contributed by atoms with Crippen LogP contribution < -0.4 is 20.7 Å². The number of rotatable bonds is 1. The maximum absolute atomic E-state index is 13.5. The summed E-state index contributed by atoms with van der Waals surface area (Å²) in [5, 5.41) is 7.03. The third kappa shape index (κ3) is 1.91. The molecule has 0 radical (unpaired) electrons. The molecule has 4 amide bonds. The van der Waals surface area contributed by atoms with Crippen molar-refractivity contribution in [3.63, 3.8) is 0 Å². The van der Waals surface area contributed by atoms with Crippen LogP contribution in [-0.4, -0.2) is 31.0 Å². The van der Waals surface area contributed by atoms with E-state index in [1.807, 2.05) is 0 Å². The Kier molecular flexibility index (Phi) is 2.82. The van der Waals surface area contributed by atoms with E-state index in [0.29, 0.717) is 0 Å². The second-order valence-electron chi connectivity index (χ2n) is 4.88. The zero-order valence-corrected chi connectivity index (χ0v) is 11.0. The van der Waals surface area contributed by atoms with Gasteiger partial charge in [-0.15, -0.1) is 0 Å². The van der Waals surface area contributed by atoms with Crippen LogP contribution in [0.2, 0.25) is 0 Å². The lowest BCUT2D eigenvalue weighted by Gasteiger charge is -2.36. The number of imide groups is 1. The molecule has 3 N–H and O–H groups in total. The molecule has 1 saturated heterocycles. The molecule has 21 heavy (non-hydrogen) atoms. The topological polar surface area (TPSA) is 96.5 Å². The van der Waals surface area contributed by atoms with Crippen molar-refractivity contribution in [3.05, 3.63) is 29.6 Å². The molecule has 1 spiro atoms. The summed E-state index contributed by atoms with van der Waals surface area (Å²) in [5.74, 6) is -1.44. The minimum atomic E-state index is -1.50. The molecule has 1 aromatic carbocycles. The lowest BCUT2D eigenvalue weighted by atomic mass is 9.81. The number of carbonyl (C=O) groups excluding carboxylic acids is 3. The van der Waals surface area contributed by atoms with E-state index in [2.05, 4.69) is 16.0 Å². The second-order valence-corrected chi connectivity index (χ2v) is 4.88. The predicted octanol–water partition coefficient (Wildman–Crippen LogP) is -0.243. The standard InChI is InChI=1S/C13H12FN3O4/c1-15-10(18)9-5-13(11(19)16-12(20)17-13)7-4-6(14)2-3-8(7)21-9/h2-4,9H,5H2,1H3,(H,15,18)(H2,16,17,19,20). The van der Waals surface area contributed by atoms with Crippen molar-refractivity contribution in [1.29, 1.82) is 0 Å². The normalized spacial score (nSPS) is 26.7. The van der Waals surface area contributed by atoms with Gasteiger partial charge in [0.25, 0.3) is 11.8 Å². The average Bonchev–Trinajstić information content (AvgIpc) is 2.73. The summed E-state index contributed by atoms with van der Waals surface area (Å²) in [4.78, 5) is 35.5. The predicted molar refractivity (Wildman–Crippen MR) is 67.9 cm³/mol. The van der Waals surface area contributed by atoms with Gasteiger partial charge in [0.2, 0.25) is 0 Å². The van der Waals surface area contributed by atoms with E-state index >= 15 is 0 Å². The van der Waals surface area contributed by atoms with Crippen LogP contribution in [0.1, 0.15) is 12.0 Å². The highest BCUT2D eigenvalue weighted by atomic mass is 19.1. The lowest BCUT2D eigenvalue weighted by molar-refractivity contribution is -0.132. The maximum Gasteiger partial charge on any atom is 0.322 e. The van der Waals surface area contributed by atoms with Gasteiger partial charge in [-0.3, -0.25) is 14.9 Å². The summed E-state index contributed by atoms with van der Waals surface area (Å²) >= 11 is 0. The summed E-state index contributed by atoms with van der Waals surface area (Å²) in [6.45, 7) is 0. The Labute approximate surface area is 118 Å². The quantitative estimate of drug-likeness (QED) is 0.622. The lowest BCUT2D eigenvalue weighted by Crippen LogP contribution is -2.53. The molecule has 110 valence electrons. The Bertz CT molecular complexity index is 663. The molecular weight excluding hydrogens is 281 g/mol. The van der Waals surface area contributed by atoms with Crippen LogP contribution in [0.3, 0.4) is 0 Å². The van der Waals surface area contributed by atoms with Crippen LogP contribution in [-0.2, 0) is 15.1 Å². The summed E-state index contributed by atoms with van der Waals surface area (Å²) in [6.07, 6.45) is -1.07. The molecule has 0 aliphatic carbocycles. The van der Waals surface area contributed by atoms with Gasteiger partial charge in [-0.2, -0.15) is 0 Å². The number of halogens is 1. The zero-order valence-electron chi connectivity index (χ0n) is 11.0. The first-order valence-electron chi connectivity index (χ1n) is 6.28. The van der Waals surface area contributed by atoms with Crippen molar-refractivity contribution in [2.24, 2.45) is 0 Å². The van der Waals surface area contributed by atoms with E-state index < -0.39 is 35.3 Å². The smallest absolute Gasteiger partial charge is 0.322 e. The Balaban J connectivity index is 2.14. The largest absolute Gasteiger partial charge is 0.480 e. The number of carbonyl (C=O) groups is 3. The summed E-state index contributed by atoms with van der Waals surface area (Å²) in [7, 11) is 1.44. The molecule has 7 nitrogen and oxygen atoms in total. The van der Waals surface area contributed by atoms with Crippen molar-refractivity contribution in [2.45, 2.75) is 18.1 Å². The number of amides is 4. The number of fused-ring (bicyclic) bond motifs is 2. The van der Waals surface area contributed by atoms with Gasteiger partial charge in [0.15, 0.2) is 11.6 Å². The molecule has 2 unspecified atom stereocenters. The fourth-order valence-corrected chi connectivity index (χ4v) is 2.65. The Morgan fingerprint density at radius 1 is 1.48 bits per heavy atom. The molecule has 8 heteroatoms. The molecule has 2 atom stereocenters. The number of likely N-dealkylation sites (N-methyl/N-ethyl adjacent to an activating group) is 1. The number of nitrogens with one attached hydrogen (secondary N) is 3. The van der Waals surface area contributed by atoms with Gasteiger partial charge >= 0.3 is 6.03 Å². The van der Waals surface area contributed by atoms with Crippen LogP contribution >= 0.6 is 0 Å². The van der Waals surface area contributed by atoms with Crippen LogP contribution in [0.4, 0.5) is 9.18 Å². The van der Waals surface area contributed by atoms with Gasteiger partial charge in [0, 0.05) is 19.0 Å². The third-order valence-electron chi connectivity index (χ3n) is 3.64. The van der Waals surface area contributed by atoms with E-state index in [1.165, 1.54) is 13.1 Å². The number of ether oxygens (including phenoxy) is 1. The molecule has 2 aliphatic rings. The molecule has 3 rings (SSSR count). The first-order valence-corrected chi connectivity index (χ1v) is 6.28. The van der Waals surface area contributed by atoms with Crippen molar-refractivity contribution in [3.8, 4) is 5.75 Å². The third-order valence-corrected chi connectivity index (χ3v) is 3.64. The highest BCUT2D eigenvalue weighted by Crippen LogP contribution is 2.41. The second kappa shape index (κ2) is 4.44. The summed E-state index contributed by atoms with van der Waals surface area (Å²) < 4.78 is 19.0. The number of hydrogen-bond donors (Lipinski definition) is 3. The number of hydrogen-bond acceptors (Lipinski definition) is 4. The Hall–Kier alpha value is -2.64. The van der Waals surface area contributed by atoms with Crippen molar-refractivity contribution < 1.29 is 23.5 Å². The van der Waals surface area contributed by atoms with E-state index in [9.17, 15) is 18.8 Å². The average molecular weight is 293 g/mol. The highest BCUT2D eigenvalue weighted by Gasteiger charge is 2.54. The summed E-state index contributed by atoms with van der Waals surface area (Å²) in [5.41, 5.74) is -1.30. The fraction of sp³-hybridized carbons (Fsp3) is 0.308. The number of benzene rings is 1.